The van der Waals surface area contributed by atoms with E-state index >= 15 is 0 Å². The van der Waals surface area contributed by atoms with Crippen LogP contribution in [0.3, 0.4) is 0 Å². The summed E-state index contributed by atoms with van der Waals surface area (Å²) in [6.45, 7) is 8.79. The smallest absolute Gasteiger partial charge is 0.0264 e. The normalized spacial score (nSPS) is 29.8. The van der Waals surface area contributed by atoms with Crippen LogP contribution in [0.25, 0.3) is 0 Å². The van der Waals surface area contributed by atoms with Crippen molar-refractivity contribution in [3.05, 3.63) is 0 Å². The van der Waals surface area contributed by atoms with Crippen molar-refractivity contribution in [2.45, 2.75) is 66.2 Å². The Bertz CT molecular complexity index is 140. The van der Waals surface area contributed by atoms with Gasteiger partial charge in [-0.2, -0.15) is 0 Å². The first-order valence-corrected chi connectivity index (χ1v) is 6.25. The first-order chi connectivity index (χ1) is 6.25. The molecule has 0 heterocycles. The van der Waals surface area contributed by atoms with Crippen LogP contribution < -0.4 is 0 Å². The molecule has 1 unspecified atom stereocenters. The van der Waals surface area contributed by atoms with Crippen LogP contribution in [-0.2, 0) is 0 Å². The van der Waals surface area contributed by atoms with Crippen LogP contribution in [-0.4, -0.2) is 0 Å². The molecule has 0 nitrogen and oxygen atoms in total. The first-order valence-electron chi connectivity index (χ1n) is 6.25. The third-order valence-corrected chi connectivity index (χ3v) is 3.91. The van der Waals surface area contributed by atoms with Crippen molar-refractivity contribution >= 4 is 0 Å². The van der Waals surface area contributed by atoms with Gasteiger partial charge >= 0.3 is 0 Å². The van der Waals surface area contributed by atoms with Crippen LogP contribution in [0.5, 0.6) is 0 Å². The minimum Gasteiger partial charge on any atom is -0.0683 e. The number of hydrogen-bond donors (Lipinski definition) is 0. The summed E-state index contributed by atoms with van der Waals surface area (Å²) < 4.78 is 0. The largest absolute Gasteiger partial charge is 0.0683 e. The summed E-state index contributed by atoms with van der Waals surface area (Å²) in [4.78, 5) is 0. The summed E-state index contributed by atoms with van der Waals surface area (Å²) in [5, 5.41) is 0. The van der Waals surface area contributed by atoms with Crippen molar-refractivity contribution in [3.8, 4) is 0 Å². The lowest BCUT2D eigenvalue weighted by molar-refractivity contribution is 0.283. The Morgan fingerprint density at radius 1 is 1.00 bits per heavy atom. The summed E-state index contributed by atoms with van der Waals surface area (Å²) in [7, 11) is 0. The van der Waals surface area contributed by atoms with E-state index in [2.05, 4.69) is 13.8 Å². The lowest BCUT2D eigenvalue weighted by Crippen LogP contribution is -2.11. The third kappa shape index (κ3) is 2.27. The molecule has 13 heavy (non-hydrogen) atoms. The van der Waals surface area contributed by atoms with Gasteiger partial charge in [-0.05, 0) is 36.5 Å². The molecule has 2 aliphatic carbocycles. The maximum atomic E-state index is 2.40. The van der Waals surface area contributed by atoms with Crippen molar-refractivity contribution in [2.75, 3.05) is 0 Å². The SMILES string of the molecule is CC.CC(C)C1CC12CCCCC2. The number of rotatable bonds is 1. The molecule has 78 valence electrons. The summed E-state index contributed by atoms with van der Waals surface area (Å²) in [6, 6.07) is 0. The van der Waals surface area contributed by atoms with Gasteiger partial charge in [0.1, 0.15) is 0 Å². The molecule has 0 N–H and O–H groups in total. The molecule has 0 aromatic heterocycles. The fourth-order valence-corrected chi connectivity index (χ4v) is 3.15. The molecule has 2 aliphatic rings. The summed E-state index contributed by atoms with van der Waals surface area (Å²) in [5.74, 6) is 2.05. The maximum absolute atomic E-state index is 2.40. The zero-order valence-corrected chi connectivity index (χ0v) is 9.90. The predicted molar refractivity (Wildman–Crippen MR) is 59.8 cm³/mol. The topological polar surface area (TPSA) is 0 Å². The molecule has 0 amide bonds. The van der Waals surface area contributed by atoms with Gasteiger partial charge in [0, 0.05) is 0 Å². The van der Waals surface area contributed by atoms with Crippen LogP contribution in [0.4, 0.5) is 0 Å². The molecule has 0 radical (unpaired) electrons. The van der Waals surface area contributed by atoms with E-state index in [-0.39, 0.29) is 0 Å². The van der Waals surface area contributed by atoms with E-state index in [0.29, 0.717) is 0 Å². The minimum atomic E-state index is 0.867. The van der Waals surface area contributed by atoms with Crippen molar-refractivity contribution in [2.24, 2.45) is 17.3 Å². The van der Waals surface area contributed by atoms with E-state index in [9.17, 15) is 0 Å². The molecule has 0 bridgehead atoms. The van der Waals surface area contributed by atoms with Crippen molar-refractivity contribution in [1.82, 2.24) is 0 Å². The van der Waals surface area contributed by atoms with Crippen molar-refractivity contribution < 1.29 is 0 Å². The molecule has 2 fully saturated rings. The van der Waals surface area contributed by atoms with Crippen LogP contribution in [0.1, 0.15) is 66.2 Å². The molecule has 1 spiro atoms. The van der Waals surface area contributed by atoms with Gasteiger partial charge in [0.2, 0.25) is 0 Å². The lowest BCUT2D eigenvalue weighted by Gasteiger charge is -2.23. The molecule has 0 saturated heterocycles. The van der Waals surface area contributed by atoms with E-state index in [0.717, 1.165) is 17.3 Å². The molecular weight excluding hydrogens is 156 g/mol. The molecule has 2 rings (SSSR count). The molecule has 2 saturated carbocycles. The van der Waals surface area contributed by atoms with E-state index < -0.39 is 0 Å². The summed E-state index contributed by atoms with van der Waals surface area (Å²) >= 11 is 0. The molecule has 0 aromatic rings. The Hall–Kier alpha value is 0. The van der Waals surface area contributed by atoms with Crippen LogP contribution in [0.15, 0.2) is 0 Å². The highest BCUT2D eigenvalue weighted by atomic mass is 14.6. The maximum Gasteiger partial charge on any atom is -0.0264 e. The Morgan fingerprint density at radius 2 is 1.54 bits per heavy atom. The van der Waals surface area contributed by atoms with Gasteiger partial charge in [-0.25, -0.2) is 0 Å². The van der Waals surface area contributed by atoms with E-state index in [4.69, 9.17) is 0 Å². The van der Waals surface area contributed by atoms with E-state index in [1.165, 1.54) is 19.3 Å². The first kappa shape index (κ1) is 11.1. The van der Waals surface area contributed by atoms with Gasteiger partial charge in [-0.1, -0.05) is 47.0 Å². The summed E-state index contributed by atoms with van der Waals surface area (Å²) in [5.41, 5.74) is 0.867. The van der Waals surface area contributed by atoms with Gasteiger partial charge in [0.05, 0.1) is 0 Å². The quantitative estimate of drug-likeness (QED) is 0.554. The molecule has 1 atom stereocenters. The van der Waals surface area contributed by atoms with Gasteiger partial charge in [-0.15, -0.1) is 0 Å². The van der Waals surface area contributed by atoms with Crippen LogP contribution >= 0.6 is 0 Å². The lowest BCUT2D eigenvalue weighted by atomic mass is 9.82. The standard InChI is InChI=1S/C11H20.C2H6/c1-9(2)10-8-11(10)6-4-3-5-7-11;1-2/h9-10H,3-8H2,1-2H3;1-2H3. The third-order valence-electron chi connectivity index (χ3n) is 3.91. The van der Waals surface area contributed by atoms with Crippen LogP contribution in [0.2, 0.25) is 0 Å². The average Bonchev–Trinajstić information content (AvgIpc) is 2.84. The molecule has 0 aliphatic heterocycles. The van der Waals surface area contributed by atoms with Gasteiger partial charge in [0.25, 0.3) is 0 Å². The highest BCUT2D eigenvalue weighted by Gasteiger charge is 2.54. The molecule has 0 heteroatoms. The summed E-state index contributed by atoms with van der Waals surface area (Å²) in [6.07, 6.45) is 9.20. The second kappa shape index (κ2) is 4.48. The monoisotopic (exact) mass is 182 g/mol. The van der Waals surface area contributed by atoms with Gasteiger partial charge in [-0.3, -0.25) is 0 Å². The zero-order chi connectivity index (χ0) is 9.90. The highest BCUT2D eigenvalue weighted by molar-refractivity contribution is 5.04. The Labute approximate surface area is 84.1 Å². The average molecular weight is 182 g/mol. The Kier molecular flexibility index (Phi) is 3.82. The van der Waals surface area contributed by atoms with Crippen LogP contribution in [0, 0.1) is 17.3 Å². The number of hydrogen-bond acceptors (Lipinski definition) is 0. The zero-order valence-electron chi connectivity index (χ0n) is 9.90. The van der Waals surface area contributed by atoms with Gasteiger partial charge in [0.15, 0.2) is 0 Å². The fourth-order valence-electron chi connectivity index (χ4n) is 3.15. The van der Waals surface area contributed by atoms with E-state index in [1.54, 1.807) is 19.3 Å². The second-order valence-corrected chi connectivity index (χ2v) is 4.98. The minimum absolute atomic E-state index is 0.867. The highest BCUT2D eigenvalue weighted by Crippen LogP contribution is 2.64. The fraction of sp³-hybridized carbons (Fsp3) is 1.00. The van der Waals surface area contributed by atoms with E-state index in [1.807, 2.05) is 13.8 Å². The Balaban J connectivity index is 0.000000396. The van der Waals surface area contributed by atoms with Crippen molar-refractivity contribution in [3.63, 3.8) is 0 Å². The molecular formula is C13H26. The second-order valence-electron chi connectivity index (χ2n) is 4.98. The predicted octanol–water partition coefficient (Wildman–Crippen LogP) is 4.64. The van der Waals surface area contributed by atoms with Crippen molar-refractivity contribution in [1.29, 1.82) is 0 Å². The Morgan fingerprint density at radius 3 is 1.92 bits per heavy atom. The molecule has 0 aromatic carbocycles. The van der Waals surface area contributed by atoms with Gasteiger partial charge < -0.3 is 0 Å².